The maximum absolute atomic E-state index is 9.85. The van der Waals surface area contributed by atoms with E-state index in [1.807, 2.05) is 25.1 Å². The van der Waals surface area contributed by atoms with E-state index in [0.717, 1.165) is 29.8 Å². The fraction of sp³-hybridized carbons (Fsp3) is 0.333. The number of methoxy groups -OCH3 is 1. The van der Waals surface area contributed by atoms with Crippen LogP contribution in [0.4, 0.5) is 5.69 Å². The van der Waals surface area contributed by atoms with E-state index in [-0.39, 0.29) is 6.04 Å². The Morgan fingerprint density at radius 3 is 2.81 bits per heavy atom. The molecule has 2 aromatic rings. The maximum Gasteiger partial charge on any atom is 0.120 e. The molecule has 2 aromatic carbocycles. The van der Waals surface area contributed by atoms with E-state index in [2.05, 4.69) is 17.4 Å². The Morgan fingerprint density at radius 1 is 1.19 bits per heavy atom. The van der Waals surface area contributed by atoms with Crippen molar-refractivity contribution in [1.29, 1.82) is 0 Å². The summed E-state index contributed by atoms with van der Waals surface area (Å²) in [4.78, 5) is 0. The third-order valence-corrected chi connectivity index (χ3v) is 4.22. The molecule has 1 aliphatic rings. The van der Waals surface area contributed by atoms with Gasteiger partial charge in [0.25, 0.3) is 0 Å². The third-order valence-electron chi connectivity index (χ3n) is 4.22. The lowest BCUT2D eigenvalue weighted by Gasteiger charge is -2.28. The molecule has 0 heterocycles. The van der Waals surface area contributed by atoms with Gasteiger partial charge in [-0.05, 0) is 61.1 Å². The summed E-state index contributed by atoms with van der Waals surface area (Å²) < 4.78 is 5.35. The van der Waals surface area contributed by atoms with Gasteiger partial charge in [0.05, 0.1) is 13.2 Å². The van der Waals surface area contributed by atoms with Crippen LogP contribution < -0.4 is 10.1 Å². The molecular weight excluding hydrogens is 262 g/mol. The van der Waals surface area contributed by atoms with E-state index in [0.29, 0.717) is 5.75 Å². The zero-order valence-electron chi connectivity index (χ0n) is 12.5. The van der Waals surface area contributed by atoms with Gasteiger partial charge in [0.15, 0.2) is 0 Å². The van der Waals surface area contributed by atoms with Crippen molar-refractivity contribution in [3.8, 4) is 11.5 Å². The first-order valence-electron chi connectivity index (χ1n) is 7.40. The van der Waals surface area contributed by atoms with Gasteiger partial charge in [-0.15, -0.1) is 0 Å². The van der Waals surface area contributed by atoms with Gasteiger partial charge >= 0.3 is 0 Å². The Hall–Kier alpha value is -2.16. The molecule has 0 saturated carbocycles. The van der Waals surface area contributed by atoms with E-state index in [9.17, 15) is 5.11 Å². The van der Waals surface area contributed by atoms with Crippen LogP contribution in [0.25, 0.3) is 0 Å². The molecular formula is C18H21NO2. The maximum atomic E-state index is 9.85. The number of aryl methyl sites for hydroxylation is 2. The zero-order chi connectivity index (χ0) is 14.8. The third kappa shape index (κ3) is 2.82. The Morgan fingerprint density at radius 2 is 2.05 bits per heavy atom. The van der Waals surface area contributed by atoms with Crippen molar-refractivity contribution >= 4 is 5.69 Å². The van der Waals surface area contributed by atoms with E-state index in [1.54, 1.807) is 13.2 Å². The predicted molar refractivity (Wildman–Crippen MR) is 85.1 cm³/mol. The van der Waals surface area contributed by atoms with Crippen LogP contribution in [0.3, 0.4) is 0 Å². The van der Waals surface area contributed by atoms with Crippen molar-refractivity contribution in [3.63, 3.8) is 0 Å². The van der Waals surface area contributed by atoms with Gasteiger partial charge in [-0.1, -0.05) is 12.1 Å². The molecule has 1 atom stereocenters. The monoisotopic (exact) mass is 283 g/mol. The number of rotatable bonds is 3. The number of phenolic OH excluding ortho intramolecular Hbond substituents is 1. The van der Waals surface area contributed by atoms with E-state index < -0.39 is 0 Å². The number of hydrogen-bond donors (Lipinski definition) is 2. The molecule has 3 nitrogen and oxygen atoms in total. The molecule has 0 fully saturated rings. The largest absolute Gasteiger partial charge is 0.508 e. The molecule has 1 unspecified atom stereocenters. The number of nitrogens with one attached hydrogen (secondary N) is 1. The fourth-order valence-electron chi connectivity index (χ4n) is 2.95. The summed E-state index contributed by atoms with van der Waals surface area (Å²) in [6, 6.07) is 12.3. The van der Waals surface area contributed by atoms with Gasteiger partial charge < -0.3 is 15.2 Å². The summed E-state index contributed by atoms with van der Waals surface area (Å²) in [5.74, 6) is 1.23. The number of ether oxygens (including phenoxy) is 1. The summed E-state index contributed by atoms with van der Waals surface area (Å²) in [6.45, 7) is 1.90. The highest BCUT2D eigenvalue weighted by Gasteiger charge is 2.20. The SMILES string of the molecule is COc1ccc2c(c1)C(Nc1ccc(C)c(O)c1)CCC2. The second-order valence-electron chi connectivity index (χ2n) is 5.66. The van der Waals surface area contributed by atoms with Crippen molar-refractivity contribution in [2.75, 3.05) is 12.4 Å². The summed E-state index contributed by atoms with van der Waals surface area (Å²) >= 11 is 0. The fourth-order valence-corrected chi connectivity index (χ4v) is 2.95. The van der Waals surface area contributed by atoms with E-state index in [1.165, 1.54) is 17.5 Å². The minimum atomic E-state index is 0.269. The van der Waals surface area contributed by atoms with Crippen LogP contribution in [-0.2, 0) is 6.42 Å². The van der Waals surface area contributed by atoms with Gasteiger partial charge in [0.2, 0.25) is 0 Å². The van der Waals surface area contributed by atoms with Crippen molar-refractivity contribution in [2.45, 2.75) is 32.2 Å². The highest BCUT2D eigenvalue weighted by atomic mass is 16.5. The first-order chi connectivity index (χ1) is 10.2. The van der Waals surface area contributed by atoms with E-state index >= 15 is 0 Å². The Kier molecular flexibility index (Phi) is 3.74. The summed E-state index contributed by atoms with van der Waals surface area (Å²) in [7, 11) is 1.70. The van der Waals surface area contributed by atoms with Gasteiger partial charge in [0.1, 0.15) is 11.5 Å². The topological polar surface area (TPSA) is 41.5 Å². The van der Waals surface area contributed by atoms with Crippen LogP contribution in [0.15, 0.2) is 36.4 Å². The molecule has 0 aromatic heterocycles. The van der Waals surface area contributed by atoms with Gasteiger partial charge in [-0.25, -0.2) is 0 Å². The lowest BCUT2D eigenvalue weighted by Crippen LogP contribution is -2.17. The minimum Gasteiger partial charge on any atom is -0.508 e. The lowest BCUT2D eigenvalue weighted by molar-refractivity contribution is 0.413. The number of hydrogen-bond acceptors (Lipinski definition) is 3. The number of benzene rings is 2. The second kappa shape index (κ2) is 5.68. The molecule has 2 N–H and O–H groups in total. The number of aromatic hydroxyl groups is 1. The second-order valence-corrected chi connectivity index (χ2v) is 5.66. The predicted octanol–water partition coefficient (Wildman–Crippen LogP) is 4.20. The van der Waals surface area contributed by atoms with Crippen LogP contribution in [-0.4, -0.2) is 12.2 Å². The van der Waals surface area contributed by atoms with Crippen LogP contribution in [0.1, 0.15) is 35.6 Å². The van der Waals surface area contributed by atoms with Crippen molar-refractivity contribution in [1.82, 2.24) is 0 Å². The van der Waals surface area contributed by atoms with Crippen molar-refractivity contribution in [2.24, 2.45) is 0 Å². The number of phenols is 1. The molecule has 3 heteroatoms. The quantitative estimate of drug-likeness (QED) is 0.887. The van der Waals surface area contributed by atoms with Gasteiger partial charge in [0, 0.05) is 11.8 Å². The minimum absolute atomic E-state index is 0.269. The standard InChI is InChI=1S/C18H21NO2/c1-12-6-8-14(10-18(12)20)19-17-5-3-4-13-7-9-15(21-2)11-16(13)17/h6-11,17,19-20H,3-5H2,1-2H3. The van der Waals surface area contributed by atoms with Crippen LogP contribution >= 0.6 is 0 Å². The first kappa shape index (κ1) is 13.8. The lowest BCUT2D eigenvalue weighted by atomic mass is 9.87. The summed E-state index contributed by atoms with van der Waals surface area (Å²) in [5, 5.41) is 13.4. The summed E-state index contributed by atoms with van der Waals surface area (Å²) in [5.41, 5.74) is 4.54. The van der Waals surface area contributed by atoms with Crippen LogP contribution in [0, 0.1) is 6.92 Å². The summed E-state index contributed by atoms with van der Waals surface area (Å²) in [6.07, 6.45) is 3.39. The highest BCUT2D eigenvalue weighted by molar-refractivity contribution is 5.53. The molecule has 1 aliphatic carbocycles. The molecule has 0 aliphatic heterocycles. The van der Waals surface area contributed by atoms with Gasteiger partial charge in [-0.3, -0.25) is 0 Å². The average Bonchev–Trinajstić information content (AvgIpc) is 2.51. The van der Waals surface area contributed by atoms with Gasteiger partial charge in [-0.2, -0.15) is 0 Å². The molecule has 0 amide bonds. The average molecular weight is 283 g/mol. The number of fused-ring (bicyclic) bond motifs is 1. The molecule has 0 bridgehead atoms. The van der Waals surface area contributed by atoms with Crippen LogP contribution in [0.2, 0.25) is 0 Å². The Labute approximate surface area is 125 Å². The Bertz CT molecular complexity index is 652. The van der Waals surface area contributed by atoms with Crippen molar-refractivity contribution in [3.05, 3.63) is 53.1 Å². The first-order valence-corrected chi connectivity index (χ1v) is 7.40. The smallest absolute Gasteiger partial charge is 0.120 e. The van der Waals surface area contributed by atoms with Crippen LogP contribution in [0.5, 0.6) is 11.5 Å². The molecule has 21 heavy (non-hydrogen) atoms. The highest BCUT2D eigenvalue weighted by Crippen LogP contribution is 2.35. The van der Waals surface area contributed by atoms with Crippen molar-refractivity contribution < 1.29 is 9.84 Å². The zero-order valence-corrected chi connectivity index (χ0v) is 12.5. The molecule has 0 spiro atoms. The normalized spacial score (nSPS) is 17.1. The Balaban J connectivity index is 1.88. The molecule has 0 radical (unpaired) electrons. The molecule has 0 saturated heterocycles. The molecule has 110 valence electrons. The molecule has 3 rings (SSSR count). The number of anilines is 1. The van der Waals surface area contributed by atoms with E-state index in [4.69, 9.17) is 4.74 Å².